The van der Waals surface area contributed by atoms with E-state index in [-0.39, 0.29) is 12.6 Å². The van der Waals surface area contributed by atoms with Crippen molar-refractivity contribution in [2.45, 2.75) is 38.4 Å². The Bertz CT molecular complexity index is 1660. The molecule has 2 N–H and O–H groups in total. The first-order valence-electron chi connectivity index (χ1n) is 14.6. The molecule has 2 aliphatic heterocycles. The average Bonchev–Trinajstić information content (AvgIpc) is 3.73. The summed E-state index contributed by atoms with van der Waals surface area (Å²) >= 11 is 0. The number of rotatable bonds is 10. The fraction of sp³-hybridized carbons (Fsp3) is 0.375. The normalized spacial score (nSPS) is 16.3. The van der Waals surface area contributed by atoms with E-state index in [1.54, 1.807) is 27.7 Å². The molecule has 228 valence electrons. The third-order valence-corrected chi connectivity index (χ3v) is 8.21. The Balaban J connectivity index is 1.30. The van der Waals surface area contributed by atoms with Gasteiger partial charge in [-0.3, -0.25) is 4.90 Å². The van der Waals surface area contributed by atoms with Crippen molar-refractivity contribution in [1.29, 1.82) is 5.26 Å². The molecule has 2 aromatic carbocycles. The van der Waals surface area contributed by atoms with Crippen LogP contribution < -0.4 is 24.4 Å². The Morgan fingerprint density at radius 1 is 1.07 bits per heavy atom. The van der Waals surface area contributed by atoms with Gasteiger partial charge in [-0.25, -0.2) is 9.97 Å². The number of aliphatic hydroxyl groups is 1. The van der Waals surface area contributed by atoms with E-state index < -0.39 is 0 Å². The van der Waals surface area contributed by atoms with Crippen molar-refractivity contribution in [2.24, 2.45) is 0 Å². The topological polar surface area (TPSA) is 134 Å². The second-order valence-corrected chi connectivity index (χ2v) is 10.9. The summed E-state index contributed by atoms with van der Waals surface area (Å²) in [4.78, 5) is 19.1. The molecular formula is C32H36N8O4. The third kappa shape index (κ3) is 5.84. The molecule has 44 heavy (non-hydrogen) atoms. The van der Waals surface area contributed by atoms with E-state index in [0.717, 1.165) is 67.2 Å². The zero-order valence-corrected chi connectivity index (χ0v) is 25.2. The average molecular weight is 597 g/mol. The number of nitrogens with one attached hydrogen (secondary N) is 1. The first-order chi connectivity index (χ1) is 21.5. The fourth-order valence-corrected chi connectivity index (χ4v) is 6.05. The zero-order valence-electron chi connectivity index (χ0n) is 25.2. The number of imidazole rings is 1. The summed E-state index contributed by atoms with van der Waals surface area (Å²) in [7, 11) is 4.74. The number of aromatic nitrogens is 4. The number of nitriles is 1. The van der Waals surface area contributed by atoms with Crippen LogP contribution in [0.2, 0.25) is 0 Å². The Hall–Kier alpha value is -4.86. The van der Waals surface area contributed by atoms with Gasteiger partial charge in [-0.05, 0) is 37.0 Å². The molecule has 1 saturated heterocycles. The summed E-state index contributed by atoms with van der Waals surface area (Å²) < 4.78 is 18.3. The van der Waals surface area contributed by atoms with Gasteiger partial charge in [-0.2, -0.15) is 10.2 Å². The number of nitrogens with zero attached hydrogens (tertiary/aromatic N) is 7. The second kappa shape index (κ2) is 12.8. The van der Waals surface area contributed by atoms with E-state index in [0.29, 0.717) is 41.1 Å². The van der Waals surface area contributed by atoms with Gasteiger partial charge in [0.05, 0.1) is 63.2 Å². The highest BCUT2D eigenvalue weighted by atomic mass is 16.5. The molecule has 1 fully saturated rings. The van der Waals surface area contributed by atoms with Crippen molar-refractivity contribution in [3.63, 3.8) is 0 Å². The summed E-state index contributed by atoms with van der Waals surface area (Å²) in [6.07, 6.45) is 6.28. The second-order valence-electron chi connectivity index (χ2n) is 10.9. The molecule has 0 bridgehead atoms. The molecule has 4 heterocycles. The van der Waals surface area contributed by atoms with Crippen LogP contribution in [0.5, 0.6) is 17.2 Å². The zero-order chi connectivity index (χ0) is 30.6. The van der Waals surface area contributed by atoms with Crippen LogP contribution in [0.1, 0.15) is 35.2 Å². The molecule has 0 amide bonds. The maximum atomic E-state index is 10.1. The molecule has 0 aliphatic carbocycles. The predicted molar refractivity (Wildman–Crippen MR) is 165 cm³/mol. The molecule has 0 radical (unpaired) electrons. The maximum Gasteiger partial charge on any atom is 0.230 e. The van der Waals surface area contributed by atoms with Crippen LogP contribution in [0, 0.1) is 11.3 Å². The van der Waals surface area contributed by atoms with E-state index in [1.807, 2.05) is 41.1 Å². The van der Waals surface area contributed by atoms with Gasteiger partial charge in [0.25, 0.3) is 0 Å². The lowest BCUT2D eigenvalue weighted by Gasteiger charge is -2.33. The number of anilines is 3. The van der Waals surface area contributed by atoms with Crippen molar-refractivity contribution in [2.75, 3.05) is 51.2 Å². The van der Waals surface area contributed by atoms with E-state index in [4.69, 9.17) is 24.2 Å². The molecule has 12 heteroatoms. The SMILES string of the molecule is COc1cc(-n2cnc(Nc3nc4c(c(N5CCC[C@H]5CO)n3)CCN(Cc3cccc(C#N)c3)C4)c2)cc(OC)c1OC. The van der Waals surface area contributed by atoms with Crippen molar-refractivity contribution in [3.05, 3.63) is 71.3 Å². The summed E-state index contributed by atoms with van der Waals surface area (Å²) in [5.41, 5.74) is 4.61. The molecule has 2 aliphatic rings. The smallest absolute Gasteiger partial charge is 0.230 e. The number of benzene rings is 2. The number of hydrogen-bond acceptors (Lipinski definition) is 11. The summed E-state index contributed by atoms with van der Waals surface area (Å²) in [5.74, 6) is 3.50. The lowest BCUT2D eigenvalue weighted by Crippen LogP contribution is -2.37. The number of methoxy groups -OCH3 is 3. The highest BCUT2D eigenvalue weighted by molar-refractivity contribution is 5.60. The van der Waals surface area contributed by atoms with Gasteiger partial charge in [0.2, 0.25) is 11.7 Å². The number of aliphatic hydroxyl groups excluding tert-OH is 1. The number of hydrogen-bond donors (Lipinski definition) is 2. The van der Waals surface area contributed by atoms with E-state index in [9.17, 15) is 10.4 Å². The van der Waals surface area contributed by atoms with Gasteiger partial charge in [0.1, 0.15) is 12.1 Å². The highest BCUT2D eigenvalue weighted by Crippen LogP contribution is 2.39. The minimum Gasteiger partial charge on any atom is -0.493 e. The van der Waals surface area contributed by atoms with Gasteiger partial charge in [0.15, 0.2) is 17.3 Å². The van der Waals surface area contributed by atoms with Gasteiger partial charge in [-0.15, -0.1) is 0 Å². The number of ether oxygens (including phenoxy) is 3. The monoisotopic (exact) mass is 596 g/mol. The molecule has 1 atom stereocenters. The first-order valence-corrected chi connectivity index (χ1v) is 14.6. The van der Waals surface area contributed by atoms with E-state index in [1.165, 1.54) is 0 Å². The standard InChI is InChI=1S/C32H36N8O4/c1-42-27-13-24(14-28(43-2)30(27)44-3)39-18-29(34-20-39)36-32-35-26-17-38(16-22-7-4-6-21(12-22)15-33)11-9-25(26)31(37-32)40-10-5-8-23(40)19-41/h4,6-7,12-14,18,20,23,41H,5,8-11,16-17,19H2,1-3H3,(H,35,36,37)/t23-/m0/s1. The molecule has 2 aromatic heterocycles. The Kier molecular flexibility index (Phi) is 8.49. The van der Waals surface area contributed by atoms with E-state index >= 15 is 0 Å². The fourth-order valence-electron chi connectivity index (χ4n) is 6.05. The van der Waals surface area contributed by atoms with Crippen LogP contribution in [-0.4, -0.2) is 76.6 Å². The Morgan fingerprint density at radius 2 is 1.89 bits per heavy atom. The lowest BCUT2D eigenvalue weighted by molar-refractivity contribution is 0.240. The van der Waals surface area contributed by atoms with Gasteiger partial charge in [-0.1, -0.05) is 12.1 Å². The Morgan fingerprint density at radius 3 is 2.61 bits per heavy atom. The number of fused-ring (bicyclic) bond motifs is 1. The van der Waals surface area contributed by atoms with Gasteiger partial charge < -0.3 is 34.1 Å². The van der Waals surface area contributed by atoms with Crippen LogP contribution >= 0.6 is 0 Å². The third-order valence-electron chi connectivity index (χ3n) is 8.21. The summed E-state index contributed by atoms with van der Waals surface area (Å²) in [5, 5.41) is 22.7. The Labute approximate surface area is 256 Å². The molecule has 0 unspecified atom stereocenters. The van der Waals surface area contributed by atoms with Crippen molar-refractivity contribution in [1.82, 2.24) is 24.4 Å². The molecule has 4 aromatic rings. The lowest BCUT2D eigenvalue weighted by atomic mass is 10.0. The van der Waals surface area contributed by atoms with Gasteiger partial charge in [0, 0.05) is 43.9 Å². The van der Waals surface area contributed by atoms with Crippen LogP contribution in [0.3, 0.4) is 0 Å². The van der Waals surface area contributed by atoms with Crippen molar-refractivity contribution < 1.29 is 19.3 Å². The van der Waals surface area contributed by atoms with Crippen molar-refractivity contribution >= 4 is 17.6 Å². The predicted octanol–water partition coefficient (Wildman–Crippen LogP) is 3.82. The highest BCUT2D eigenvalue weighted by Gasteiger charge is 2.31. The van der Waals surface area contributed by atoms with Crippen molar-refractivity contribution in [3.8, 4) is 29.0 Å². The van der Waals surface area contributed by atoms with E-state index in [2.05, 4.69) is 32.2 Å². The van der Waals surface area contributed by atoms with Crippen LogP contribution in [-0.2, 0) is 19.5 Å². The van der Waals surface area contributed by atoms with Crippen LogP contribution in [0.25, 0.3) is 5.69 Å². The van der Waals surface area contributed by atoms with Crippen LogP contribution in [0.4, 0.5) is 17.6 Å². The molecule has 6 rings (SSSR count). The summed E-state index contributed by atoms with van der Waals surface area (Å²) in [6, 6.07) is 13.7. The molecule has 0 saturated carbocycles. The minimum atomic E-state index is 0.0350. The molecule has 0 spiro atoms. The minimum absolute atomic E-state index is 0.0350. The molecule has 12 nitrogen and oxygen atoms in total. The quantitative estimate of drug-likeness (QED) is 0.277. The molecular weight excluding hydrogens is 560 g/mol. The maximum absolute atomic E-state index is 10.1. The largest absolute Gasteiger partial charge is 0.493 e. The first kappa shape index (κ1) is 29.2. The van der Waals surface area contributed by atoms with Gasteiger partial charge >= 0.3 is 0 Å². The van der Waals surface area contributed by atoms with Crippen LogP contribution in [0.15, 0.2) is 48.9 Å². The summed E-state index contributed by atoms with van der Waals surface area (Å²) in [6.45, 7) is 3.15.